The third-order valence-electron chi connectivity index (χ3n) is 7.24. The number of benzene rings is 2. The van der Waals surface area contributed by atoms with Crippen LogP contribution in [0.4, 0.5) is 10.1 Å². The lowest BCUT2D eigenvalue weighted by Crippen LogP contribution is -2.47. The molecular weight excluding hydrogens is 469 g/mol. The molecule has 0 saturated carbocycles. The zero-order chi connectivity index (χ0) is 27.0. The fourth-order valence-corrected chi connectivity index (χ4v) is 5.39. The summed E-state index contributed by atoms with van der Waals surface area (Å²) in [6.07, 6.45) is 3.74. The SMILES string of the molecule is C=CN(Cc1c(C)cccc1NCc1cccc(CN2CC(C)CC(C)C2)c1F)C(O)(C=O)CCC=O. The molecule has 0 aromatic heterocycles. The molecule has 2 aromatic carbocycles. The van der Waals surface area contributed by atoms with Crippen molar-refractivity contribution in [1.82, 2.24) is 9.80 Å². The first-order valence-corrected chi connectivity index (χ1v) is 13.0. The van der Waals surface area contributed by atoms with Gasteiger partial charge in [-0.25, -0.2) is 4.39 Å². The summed E-state index contributed by atoms with van der Waals surface area (Å²) in [5.41, 5.74) is 2.02. The van der Waals surface area contributed by atoms with Crippen molar-refractivity contribution in [2.75, 3.05) is 18.4 Å². The van der Waals surface area contributed by atoms with Gasteiger partial charge in [-0.15, -0.1) is 0 Å². The predicted molar refractivity (Wildman–Crippen MR) is 145 cm³/mol. The standard InChI is InChI=1S/C30H40FN3O3/c1-5-34(30(37,21-36)13-8-14-35)20-27-24(4)9-6-12-28(27)32-16-25-10-7-11-26(29(25)31)19-33-17-22(2)15-23(3)18-33/h5-7,9-12,14,21-23,32,37H,1,8,13,15-20H2,2-4H3. The van der Waals surface area contributed by atoms with Crippen molar-refractivity contribution in [1.29, 1.82) is 0 Å². The molecule has 200 valence electrons. The van der Waals surface area contributed by atoms with Crippen molar-refractivity contribution < 1.29 is 19.1 Å². The van der Waals surface area contributed by atoms with Crippen LogP contribution in [0, 0.1) is 24.6 Å². The van der Waals surface area contributed by atoms with Crippen LogP contribution in [0.15, 0.2) is 49.2 Å². The quantitative estimate of drug-likeness (QED) is 0.291. The largest absolute Gasteiger partial charge is 0.381 e. The minimum Gasteiger partial charge on any atom is -0.381 e. The maximum absolute atomic E-state index is 15.5. The highest BCUT2D eigenvalue weighted by atomic mass is 19.1. The second-order valence-corrected chi connectivity index (χ2v) is 10.5. The minimum atomic E-state index is -1.84. The Labute approximate surface area is 220 Å². The molecule has 3 unspecified atom stereocenters. The Morgan fingerprint density at radius 2 is 1.84 bits per heavy atom. The number of hydrogen-bond acceptors (Lipinski definition) is 6. The van der Waals surface area contributed by atoms with Gasteiger partial charge in [0.05, 0.1) is 0 Å². The Morgan fingerprint density at radius 3 is 2.49 bits per heavy atom. The van der Waals surface area contributed by atoms with Gasteiger partial charge in [-0.3, -0.25) is 9.69 Å². The fraction of sp³-hybridized carbons (Fsp3) is 0.467. The van der Waals surface area contributed by atoms with E-state index in [1.165, 1.54) is 17.5 Å². The Bertz CT molecular complexity index is 1080. The fourth-order valence-electron chi connectivity index (χ4n) is 5.39. The van der Waals surface area contributed by atoms with E-state index in [0.717, 1.165) is 29.9 Å². The summed E-state index contributed by atoms with van der Waals surface area (Å²) >= 11 is 0. The van der Waals surface area contributed by atoms with Gasteiger partial charge in [-0.05, 0) is 48.6 Å². The van der Waals surface area contributed by atoms with Gasteiger partial charge in [0, 0.05) is 62.4 Å². The highest BCUT2D eigenvalue weighted by Crippen LogP contribution is 2.28. The number of carbonyl (C=O) groups is 2. The molecule has 2 N–H and O–H groups in total. The van der Waals surface area contributed by atoms with Crippen molar-refractivity contribution in [2.45, 2.75) is 65.4 Å². The van der Waals surface area contributed by atoms with Gasteiger partial charge in [0.2, 0.25) is 0 Å². The van der Waals surface area contributed by atoms with E-state index in [9.17, 15) is 14.7 Å². The predicted octanol–water partition coefficient (Wildman–Crippen LogP) is 5.04. The molecule has 1 saturated heterocycles. The van der Waals surface area contributed by atoms with Crippen LogP contribution in [0.1, 0.15) is 55.4 Å². The van der Waals surface area contributed by atoms with Crippen LogP contribution >= 0.6 is 0 Å². The zero-order valence-electron chi connectivity index (χ0n) is 22.3. The lowest BCUT2D eigenvalue weighted by atomic mass is 9.91. The molecule has 0 amide bonds. The molecule has 0 radical (unpaired) electrons. The number of nitrogens with zero attached hydrogens (tertiary/aromatic N) is 2. The third-order valence-corrected chi connectivity index (χ3v) is 7.24. The van der Waals surface area contributed by atoms with Crippen LogP contribution in [0.25, 0.3) is 0 Å². The number of carbonyl (C=O) groups excluding carboxylic acids is 2. The van der Waals surface area contributed by atoms with Crippen molar-refractivity contribution >= 4 is 18.3 Å². The summed E-state index contributed by atoms with van der Waals surface area (Å²) in [5.74, 6) is 1.04. The number of likely N-dealkylation sites (tertiary alicyclic amines) is 1. The molecule has 0 aliphatic carbocycles. The second-order valence-electron chi connectivity index (χ2n) is 10.5. The van der Waals surface area contributed by atoms with E-state index in [1.807, 2.05) is 37.3 Å². The first kappa shape index (κ1) is 28.5. The van der Waals surface area contributed by atoms with Crippen molar-refractivity contribution in [2.24, 2.45) is 11.8 Å². The van der Waals surface area contributed by atoms with Crippen LogP contribution in [-0.4, -0.2) is 46.3 Å². The summed E-state index contributed by atoms with van der Waals surface area (Å²) in [4.78, 5) is 26.4. The first-order chi connectivity index (χ1) is 17.7. The van der Waals surface area contributed by atoms with E-state index in [1.54, 1.807) is 6.07 Å². The van der Waals surface area contributed by atoms with E-state index in [2.05, 4.69) is 30.6 Å². The van der Waals surface area contributed by atoms with Gasteiger partial charge >= 0.3 is 0 Å². The van der Waals surface area contributed by atoms with Crippen LogP contribution in [-0.2, 0) is 29.2 Å². The smallest absolute Gasteiger partial charge is 0.195 e. The number of aryl methyl sites for hydroxylation is 1. The van der Waals surface area contributed by atoms with E-state index < -0.39 is 5.72 Å². The molecule has 37 heavy (non-hydrogen) atoms. The minimum absolute atomic E-state index is 0.0345. The molecule has 1 aliphatic rings. The van der Waals surface area contributed by atoms with Gasteiger partial charge < -0.3 is 20.1 Å². The van der Waals surface area contributed by atoms with E-state index in [0.29, 0.717) is 48.6 Å². The maximum atomic E-state index is 15.5. The highest BCUT2D eigenvalue weighted by molar-refractivity contribution is 5.63. The molecule has 1 fully saturated rings. The Hall–Kier alpha value is -3.03. The number of nitrogens with one attached hydrogen (secondary N) is 1. The molecular formula is C30H40FN3O3. The van der Waals surface area contributed by atoms with Crippen LogP contribution < -0.4 is 5.32 Å². The number of halogens is 1. The second kappa shape index (κ2) is 13.0. The highest BCUT2D eigenvalue weighted by Gasteiger charge is 2.32. The van der Waals surface area contributed by atoms with Crippen molar-refractivity contribution in [3.8, 4) is 0 Å². The summed E-state index contributed by atoms with van der Waals surface area (Å²) in [7, 11) is 0. The summed E-state index contributed by atoms with van der Waals surface area (Å²) < 4.78 is 15.5. The monoisotopic (exact) mass is 509 g/mol. The Balaban J connectivity index is 1.77. The number of anilines is 1. The summed E-state index contributed by atoms with van der Waals surface area (Å²) in [5, 5.41) is 14.2. The van der Waals surface area contributed by atoms with Gasteiger partial charge in [-0.1, -0.05) is 50.8 Å². The topological polar surface area (TPSA) is 72.9 Å². The third kappa shape index (κ3) is 7.27. The van der Waals surface area contributed by atoms with E-state index in [-0.39, 0.29) is 25.2 Å². The van der Waals surface area contributed by atoms with Gasteiger partial charge in [0.15, 0.2) is 12.0 Å². The summed E-state index contributed by atoms with van der Waals surface area (Å²) in [6.45, 7) is 13.3. The van der Waals surface area contributed by atoms with E-state index >= 15 is 4.39 Å². The lowest BCUT2D eigenvalue weighted by Gasteiger charge is -2.35. The summed E-state index contributed by atoms with van der Waals surface area (Å²) in [6, 6.07) is 11.3. The zero-order valence-corrected chi connectivity index (χ0v) is 22.3. The number of hydrogen-bond donors (Lipinski definition) is 2. The molecule has 3 rings (SSSR count). The number of rotatable bonds is 13. The Kier molecular flexibility index (Phi) is 10.0. The number of aldehydes is 2. The first-order valence-electron chi connectivity index (χ1n) is 13.0. The molecule has 1 aliphatic heterocycles. The average Bonchev–Trinajstić information content (AvgIpc) is 2.86. The van der Waals surface area contributed by atoms with Crippen LogP contribution in [0.5, 0.6) is 0 Å². The van der Waals surface area contributed by atoms with Crippen molar-refractivity contribution in [3.05, 3.63) is 77.2 Å². The Morgan fingerprint density at radius 1 is 1.16 bits per heavy atom. The molecule has 7 heteroatoms. The molecule has 3 atom stereocenters. The van der Waals surface area contributed by atoms with Crippen molar-refractivity contribution in [3.63, 3.8) is 0 Å². The molecule has 1 heterocycles. The van der Waals surface area contributed by atoms with E-state index in [4.69, 9.17) is 0 Å². The molecule has 0 spiro atoms. The maximum Gasteiger partial charge on any atom is 0.195 e. The molecule has 2 aromatic rings. The number of aliphatic hydroxyl groups is 1. The molecule has 0 bridgehead atoms. The lowest BCUT2D eigenvalue weighted by molar-refractivity contribution is -0.144. The average molecular weight is 510 g/mol. The van der Waals surface area contributed by atoms with Gasteiger partial charge in [0.25, 0.3) is 0 Å². The molecule has 6 nitrogen and oxygen atoms in total. The van der Waals surface area contributed by atoms with Crippen LogP contribution in [0.3, 0.4) is 0 Å². The van der Waals surface area contributed by atoms with Gasteiger partial charge in [0.1, 0.15) is 12.1 Å². The normalized spacial score (nSPS) is 19.6. The number of piperidine rings is 1. The van der Waals surface area contributed by atoms with Crippen LogP contribution in [0.2, 0.25) is 0 Å². The van der Waals surface area contributed by atoms with Gasteiger partial charge in [-0.2, -0.15) is 0 Å².